The number of aryl methyl sites for hydroxylation is 2. The number of rotatable bonds is 10. The van der Waals surface area contributed by atoms with Crippen LogP contribution in [0.5, 0.6) is 0 Å². The first-order valence-electron chi connectivity index (χ1n) is 9.54. The molecule has 3 aromatic rings. The second-order valence-corrected chi connectivity index (χ2v) is 6.81. The monoisotopic (exact) mass is 395 g/mol. The lowest BCUT2D eigenvalue weighted by atomic mass is 10.1. The molecule has 152 valence electrons. The van der Waals surface area contributed by atoms with Crippen molar-refractivity contribution in [2.24, 2.45) is 0 Å². The normalized spacial score (nSPS) is 11.0. The lowest BCUT2D eigenvalue weighted by Gasteiger charge is -2.10. The molecule has 8 nitrogen and oxygen atoms in total. The Morgan fingerprint density at radius 1 is 1.10 bits per heavy atom. The van der Waals surface area contributed by atoms with Gasteiger partial charge in [-0.3, -0.25) is 4.98 Å². The van der Waals surface area contributed by atoms with Crippen LogP contribution in [0, 0.1) is 6.92 Å². The van der Waals surface area contributed by atoms with Crippen LogP contribution < -0.4 is 5.32 Å². The van der Waals surface area contributed by atoms with E-state index in [1.165, 1.54) is 17.7 Å². The number of benzene rings is 1. The average molecular weight is 395 g/mol. The molecule has 8 heteroatoms. The van der Waals surface area contributed by atoms with Gasteiger partial charge in [-0.05, 0) is 37.5 Å². The number of pyridine rings is 1. The molecule has 0 saturated carbocycles. The molecule has 0 atom stereocenters. The summed E-state index contributed by atoms with van der Waals surface area (Å²) in [6.07, 6.45) is 1.97. The summed E-state index contributed by atoms with van der Waals surface area (Å²) < 4.78 is 2.09. The van der Waals surface area contributed by atoms with Crippen molar-refractivity contribution in [1.29, 1.82) is 0 Å². The predicted molar refractivity (Wildman–Crippen MR) is 107 cm³/mol. The van der Waals surface area contributed by atoms with E-state index < -0.39 is 5.97 Å². The maximum absolute atomic E-state index is 11.2. The molecular weight excluding hydrogens is 370 g/mol. The van der Waals surface area contributed by atoms with Crippen LogP contribution in [0.15, 0.2) is 42.5 Å². The molecule has 0 amide bonds. The first-order valence-corrected chi connectivity index (χ1v) is 9.54. The Morgan fingerprint density at radius 2 is 1.86 bits per heavy atom. The first-order chi connectivity index (χ1) is 14.1. The van der Waals surface area contributed by atoms with Crippen molar-refractivity contribution in [2.45, 2.75) is 46.0 Å². The molecule has 0 bridgehead atoms. The zero-order valence-electron chi connectivity index (χ0n) is 16.4. The van der Waals surface area contributed by atoms with Crippen molar-refractivity contribution >= 4 is 5.97 Å². The number of aromatic carboxylic acids is 1. The Kier molecular flexibility index (Phi) is 7.04. The van der Waals surface area contributed by atoms with E-state index in [4.69, 9.17) is 0 Å². The smallest absolute Gasteiger partial charge is 0.335 e. The molecule has 2 heterocycles. The van der Waals surface area contributed by atoms with E-state index in [9.17, 15) is 15.0 Å². The lowest BCUT2D eigenvalue weighted by molar-refractivity contribution is 0.0696. The lowest BCUT2D eigenvalue weighted by Crippen LogP contribution is -2.19. The minimum Gasteiger partial charge on any atom is -0.478 e. The summed E-state index contributed by atoms with van der Waals surface area (Å²) in [6, 6.07) is 13.2. The van der Waals surface area contributed by atoms with Crippen LogP contribution in [-0.2, 0) is 32.7 Å². The molecule has 0 aliphatic heterocycles. The quantitative estimate of drug-likeness (QED) is 0.482. The summed E-state index contributed by atoms with van der Waals surface area (Å²) in [5, 5.41) is 30.1. The summed E-state index contributed by atoms with van der Waals surface area (Å²) in [5.41, 5.74) is 2.31. The minimum absolute atomic E-state index is 0.112. The van der Waals surface area contributed by atoms with Crippen molar-refractivity contribution in [3.8, 4) is 0 Å². The zero-order valence-corrected chi connectivity index (χ0v) is 16.4. The second kappa shape index (κ2) is 9.90. The molecule has 0 saturated heterocycles. The van der Waals surface area contributed by atoms with Crippen LogP contribution >= 0.6 is 0 Å². The SMILES string of the molecule is Cc1nnc(CNCc2cc(C(=O)O)cc(CO)n2)n1CCCc1ccccc1. The molecule has 3 rings (SSSR count). The van der Waals surface area contributed by atoms with Gasteiger partial charge in [0.15, 0.2) is 0 Å². The predicted octanol–water partition coefficient (Wildman–Crippen LogP) is 2.09. The fourth-order valence-corrected chi connectivity index (χ4v) is 3.18. The highest BCUT2D eigenvalue weighted by Crippen LogP contribution is 2.09. The highest BCUT2D eigenvalue weighted by Gasteiger charge is 2.11. The molecule has 2 aromatic heterocycles. The number of carboxylic acid groups (broad SMARTS) is 1. The van der Waals surface area contributed by atoms with E-state index >= 15 is 0 Å². The van der Waals surface area contributed by atoms with E-state index in [0.717, 1.165) is 31.0 Å². The van der Waals surface area contributed by atoms with Gasteiger partial charge in [-0.2, -0.15) is 0 Å². The fraction of sp³-hybridized carbons (Fsp3) is 0.333. The third-order valence-corrected chi connectivity index (χ3v) is 4.63. The number of aliphatic hydroxyl groups excluding tert-OH is 1. The fourth-order valence-electron chi connectivity index (χ4n) is 3.18. The Morgan fingerprint density at radius 3 is 2.59 bits per heavy atom. The maximum atomic E-state index is 11.2. The Bertz CT molecular complexity index is 956. The highest BCUT2D eigenvalue weighted by atomic mass is 16.4. The van der Waals surface area contributed by atoms with Gasteiger partial charge in [-0.1, -0.05) is 30.3 Å². The van der Waals surface area contributed by atoms with Gasteiger partial charge >= 0.3 is 5.97 Å². The summed E-state index contributed by atoms with van der Waals surface area (Å²) in [5.74, 6) is 0.646. The molecule has 0 fully saturated rings. The summed E-state index contributed by atoms with van der Waals surface area (Å²) in [4.78, 5) is 15.5. The number of nitrogens with zero attached hydrogens (tertiary/aromatic N) is 4. The Labute approximate surface area is 169 Å². The van der Waals surface area contributed by atoms with Gasteiger partial charge in [0.2, 0.25) is 0 Å². The van der Waals surface area contributed by atoms with E-state index in [2.05, 4.69) is 37.2 Å². The van der Waals surface area contributed by atoms with E-state index in [1.807, 2.05) is 25.1 Å². The molecule has 0 aliphatic rings. The average Bonchev–Trinajstić information content (AvgIpc) is 3.08. The summed E-state index contributed by atoms with van der Waals surface area (Å²) >= 11 is 0. The van der Waals surface area contributed by atoms with Crippen molar-refractivity contribution in [2.75, 3.05) is 0 Å². The number of hydrogen-bond donors (Lipinski definition) is 3. The van der Waals surface area contributed by atoms with Crippen molar-refractivity contribution in [1.82, 2.24) is 25.1 Å². The molecule has 0 unspecified atom stereocenters. The molecule has 1 aromatic carbocycles. The second-order valence-electron chi connectivity index (χ2n) is 6.81. The van der Waals surface area contributed by atoms with Crippen LogP contribution in [-0.4, -0.2) is 35.9 Å². The van der Waals surface area contributed by atoms with Gasteiger partial charge in [0.05, 0.1) is 30.1 Å². The number of carboxylic acids is 1. The standard InChI is InChI=1S/C21H25N5O3/c1-15-24-25-20(26(15)9-5-8-16-6-3-2-4-7-16)13-22-12-18-10-17(21(28)29)11-19(14-27)23-18/h2-4,6-7,10-11,22,27H,5,8-9,12-14H2,1H3,(H,28,29). The Hall–Kier alpha value is -3.10. The van der Waals surface area contributed by atoms with Gasteiger partial charge < -0.3 is 20.1 Å². The van der Waals surface area contributed by atoms with Crippen LogP contribution in [0.2, 0.25) is 0 Å². The minimum atomic E-state index is -1.04. The van der Waals surface area contributed by atoms with Gasteiger partial charge in [0.1, 0.15) is 11.6 Å². The van der Waals surface area contributed by atoms with Gasteiger partial charge in [0, 0.05) is 13.1 Å². The van der Waals surface area contributed by atoms with Crippen LogP contribution in [0.1, 0.15) is 45.4 Å². The first kappa shape index (κ1) is 20.6. The van der Waals surface area contributed by atoms with Crippen LogP contribution in [0.25, 0.3) is 0 Å². The van der Waals surface area contributed by atoms with Crippen molar-refractivity contribution < 1.29 is 15.0 Å². The Balaban J connectivity index is 1.57. The van der Waals surface area contributed by atoms with E-state index in [1.54, 1.807) is 0 Å². The largest absolute Gasteiger partial charge is 0.478 e. The third-order valence-electron chi connectivity index (χ3n) is 4.63. The van der Waals surface area contributed by atoms with Gasteiger partial charge in [-0.25, -0.2) is 4.79 Å². The molecule has 0 aliphatic carbocycles. The number of carbonyl (C=O) groups is 1. The topological polar surface area (TPSA) is 113 Å². The highest BCUT2D eigenvalue weighted by molar-refractivity contribution is 5.87. The maximum Gasteiger partial charge on any atom is 0.335 e. The summed E-state index contributed by atoms with van der Waals surface area (Å²) in [6.45, 7) is 3.31. The molecule has 29 heavy (non-hydrogen) atoms. The van der Waals surface area contributed by atoms with Crippen LogP contribution in [0.4, 0.5) is 0 Å². The number of nitrogens with one attached hydrogen (secondary N) is 1. The number of aliphatic hydroxyl groups is 1. The van der Waals surface area contributed by atoms with E-state index in [0.29, 0.717) is 24.5 Å². The van der Waals surface area contributed by atoms with E-state index in [-0.39, 0.29) is 12.2 Å². The van der Waals surface area contributed by atoms with Gasteiger partial charge in [-0.15, -0.1) is 10.2 Å². The van der Waals surface area contributed by atoms with Crippen molar-refractivity contribution in [3.05, 3.63) is 76.6 Å². The summed E-state index contributed by atoms with van der Waals surface area (Å²) in [7, 11) is 0. The number of aromatic nitrogens is 4. The zero-order chi connectivity index (χ0) is 20.6. The van der Waals surface area contributed by atoms with Crippen LogP contribution in [0.3, 0.4) is 0 Å². The molecule has 0 spiro atoms. The molecule has 0 radical (unpaired) electrons. The number of hydrogen-bond acceptors (Lipinski definition) is 6. The third kappa shape index (κ3) is 5.69. The molecular formula is C21H25N5O3. The van der Waals surface area contributed by atoms with Crippen molar-refractivity contribution in [3.63, 3.8) is 0 Å². The van der Waals surface area contributed by atoms with Gasteiger partial charge in [0.25, 0.3) is 0 Å². The molecule has 3 N–H and O–H groups in total.